The highest BCUT2D eigenvalue weighted by Crippen LogP contribution is 2.06. The smallest absolute Gasteiger partial charge is 0.237 e. The lowest BCUT2D eigenvalue weighted by Gasteiger charge is -2.11. The molecule has 2 rings (SSSR count). The lowest BCUT2D eigenvalue weighted by atomic mass is 10.1. The van der Waals surface area contributed by atoms with Gasteiger partial charge in [-0.05, 0) is 34.4 Å². The van der Waals surface area contributed by atoms with E-state index >= 15 is 0 Å². The molecule has 1 amide bonds. The summed E-state index contributed by atoms with van der Waals surface area (Å²) in [5, 5.41) is 6.86. The van der Waals surface area contributed by atoms with E-state index in [0.717, 1.165) is 11.1 Å². The number of benzene rings is 1. The van der Waals surface area contributed by atoms with Gasteiger partial charge in [0, 0.05) is 6.54 Å². The summed E-state index contributed by atoms with van der Waals surface area (Å²) in [7, 11) is 0. The lowest BCUT2D eigenvalue weighted by molar-refractivity contribution is -0.122. The molecule has 3 N–H and O–H groups in total. The molecule has 1 aromatic heterocycles. The first kappa shape index (κ1) is 12.8. The first-order valence-electron chi connectivity index (χ1n) is 5.84. The van der Waals surface area contributed by atoms with Crippen molar-refractivity contribution in [1.29, 1.82) is 0 Å². The third-order valence-corrected chi connectivity index (χ3v) is 3.41. The van der Waals surface area contributed by atoms with E-state index in [0.29, 0.717) is 13.0 Å². The highest BCUT2D eigenvalue weighted by Gasteiger charge is 2.13. The molecule has 1 atom stereocenters. The Kier molecular flexibility index (Phi) is 4.50. The predicted octanol–water partition coefficient (Wildman–Crippen LogP) is 1.93. The summed E-state index contributed by atoms with van der Waals surface area (Å²) in [6, 6.07) is 11.3. The summed E-state index contributed by atoms with van der Waals surface area (Å²) in [6.07, 6.45) is 0.566. The summed E-state index contributed by atoms with van der Waals surface area (Å²) < 4.78 is 0. The van der Waals surface area contributed by atoms with E-state index in [2.05, 4.69) is 5.32 Å². The Hall–Kier alpha value is -1.65. The number of thiophene rings is 1. The molecule has 1 heterocycles. The first-order chi connectivity index (χ1) is 8.75. The molecule has 0 unspecified atom stereocenters. The monoisotopic (exact) mass is 260 g/mol. The maximum Gasteiger partial charge on any atom is 0.237 e. The molecule has 0 saturated carbocycles. The third-order valence-electron chi connectivity index (χ3n) is 2.68. The molecule has 0 aliphatic heterocycles. The Balaban J connectivity index is 1.82. The van der Waals surface area contributed by atoms with Crippen molar-refractivity contribution >= 4 is 17.2 Å². The van der Waals surface area contributed by atoms with Crippen molar-refractivity contribution in [2.75, 3.05) is 0 Å². The molecule has 1 aromatic carbocycles. The van der Waals surface area contributed by atoms with Crippen LogP contribution in [0.2, 0.25) is 0 Å². The normalized spacial score (nSPS) is 12.1. The molecule has 0 fully saturated rings. The molecule has 3 nitrogen and oxygen atoms in total. The van der Waals surface area contributed by atoms with Crippen LogP contribution in [0.5, 0.6) is 0 Å². The van der Waals surface area contributed by atoms with Gasteiger partial charge in [-0.25, -0.2) is 0 Å². The summed E-state index contributed by atoms with van der Waals surface area (Å²) in [5.41, 5.74) is 8.07. The maximum absolute atomic E-state index is 11.8. The second-order valence-corrected chi connectivity index (χ2v) is 4.93. The van der Waals surface area contributed by atoms with Crippen LogP contribution in [0.4, 0.5) is 0 Å². The molecule has 0 bridgehead atoms. The first-order valence-corrected chi connectivity index (χ1v) is 6.78. The fourth-order valence-electron chi connectivity index (χ4n) is 1.67. The van der Waals surface area contributed by atoms with Gasteiger partial charge in [-0.1, -0.05) is 30.3 Å². The largest absolute Gasteiger partial charge is 0.351 e. The fourth-order valence-corrected chi connectivity index (χ4v) is 2.34. The van der Waals surface area contributed by atoms with Gasteiger partial charge < -0.3 is 11.1 Å². The summed E-state index contributed by atoms with van der Waals surface area (Å²) in [5.74, 6) is -0.106. The number of hydrogen-bond acceptors (Lipinski definition) is 3. The Morgan fingerprint density at radius 1 is 1.22 bits per heavy atom. The van der Waals surface area contributed by atoms with Gasteiger partial charge in [0.2, 0.25) is 5.91 Å². The van der Waals surface area contributed by atoms with Crippen LogP contribution < -0.4 is 11.1 Å². The Labute approximate surface area is 111 Å². The number of rotatable bonds is 5. The van der Waals surface area contributed by atoms with Crippen LogP contribution >= 0.6 is 11.3 Å². The average molecular weight is 260 g/mol. The zero-order valence-corrected chi connectivity index (χ0v) is 10.8. The van der Waals surface area contributed by atoms with Crippen molar-refractivity contribution in [3.05, 3.63) is 58.3 Å². The van der Waals surface area contributed by atoms with Gasteiger partial charge in [0.25, 0.3) is 0 Å². The summed E-state index contributed by atoms with van der Waals surface area (Å²) in [4.78, 5) is 11.8. The Morgan fingerprint density at radius 2 is 2.00 bits per heavy atom. The van der Waals surface area contributed by atoms with Crippen molar-refractivity contribution in [2.24, 2.45) is 5.73 Å². The van der Waals surface area contributed by atoms with E-state index in [1.54, 1.807) is 11.3 Å². The highest BCUT2D eigenvalue weighted by molar-refractivity contribution is 7.07. The second-order valence-electron chi connectivity index (χ2n) is 4.15. The minimum atomic E-state index is -0.494. The maximum atomic E-state index is 11.8. The van der Waals surface area contributed by atoms with Gasteiger partial charge in [-0.15, -0.1) is 0 Å². The van der Waals surface area contributed by atoms with Crippen LogP contribution in [0.25, 0.3) is 0 Å². The molecule has 0 aliphatic rings. The van der Waals surface area contributed by atoms with Crippen LogP contribution in [-0.4, -0.2) is 11.9 Å². The topological polar surface area (TPSA) is 55.1 Å². The van der Waals surface area contributed by atoms with Gasteiger partial charge in [0.1, 0.15) is 0 Å². The molecule has 0 radical (unpaired) electrons. The van der Waals surface area contributed by atoms with Gasteiger partial charge in [-0.3, -0.25) is 4.79 Å². The average Bonchev–Trinajstić information content (AvgIpc) is 2.90. The number of hydrogen-bond donors (Lipinski definition) is 2. The van der Waals surface area contributed by atoms with Gasteiger partial charge in [-0.2, -0.15) is 11.3 Å². The zero-order chi connectivity index (χ0) is 12.8. The standard InChI is InChI=1S/C14H16N2OS/c15-13(8-11-4-2-1-3-5-11)14(17)16-9-12-6-7-18-10-12/h1-7,10,13H,8-9,15H2,(H,16,17)/t13-/m0/s1. The third kappa shape index (κ3) is 3.68. The molecule has 4 heteroatoms. The van der Waals surface area contributed by atoms with Gasteiger partial charge >= 0.3 is 0 Å². The van der Waals surface area contributed by atoms with Crippen LogP contribution in [0, 0.1) is 0 Å². The zero-order valence-electron chi connectivity index (χ0n) is 10.0. The van der Waals surface area contributed by atoms with E-state index in [1.807, 2.05) is 47.2 Å². The van der Waals surface area contributed by atoms with E-state index in [9.17, 15) is 4.79 Å². The fraction of sp³-hybridized carbons (Fsp3) is 0.214. The molecular formula is C14H16N2OS. The van der Waals surface area contributed by atoms with Crippen LogP contribution in [0.15, 0.2) is 47.2 Å². The van der Waals surface area contributed by atoms with Crippen molar-refractivity contribution < 1.29 is 4.79 Å². The number of carbonyl (C=O) groups excluding carboxylic acids is 1. The SMILES string of the molecule is N[C@@H](Cc1ccccc1)C(=O)NCc1ccsc1. The Morgan fingerprint density at radius 3 is 2.67 bits per heavy atom. The van der Waals surface area contributed by atoms with Gasteiger partial charge in [0.15, 0.2) is 0 Å². The molecule has 0 spiro atoms. The summed E-state index contributed by atoms with van der Waals surface area (Å²) in [6.45, 7) is 0.546. The molecule has 2 aromatic rings. The highest BCUT2D eigenvalue weighted by atomic mass is 32.1. The van der Waals surface area contributed by atoms with Crippen LogP contribution in [-0.2, 0) is 17.8 Å². The number of nitrogens with two attached hydrogens (primary N) is 1. The second kappa shape index (κ2) is 6.33. The molecule has 0 aliphatic carbocycles. The minimum Gasteiger partial charge on any atom is -0.351 e. The van der Waals surface area contributed by atoms with Crippen LogP contribution in [0.3, 0.4) is 0 Å². The van der Waals surface area contributed by atoms with Crippen molar-refractivity contribution in [3.8, 4) is 0 Å². The molecular weight excluding hydrogens is 244 g/mol. The lowest BCUT2D eigenvalue weighted by Crippen LogP contribution is -2.41. The van der Waals surface area contributed by atoms with E-state index in [-0.39, 0.29) is 5.91 Å². The van der Waals surface area contributed by atoms with E-state index < -0.39 is 6.04 Å². The number of carbonyl (C=O) groups is 1. The summed E-state index contributed by atoms with van der Waals surface area (Å²) >= 11 is 1.62. The van der Waals surface area contributed by atoms with Crippen molar-refractivity contribution in [3.63, 3.8) is 0 Å². The van der Waals surface area contributed by atoms with Crippen LogP contribution in [0.1, 0.15) is 11.1 Å². The molecule has 18 heavy (non-hydrogen) atoms. The van der Waals surface area contributed by atoms with Gasteiger partial charge in [0.05, 0.1) is 6.04 Å². The van der Waals surface area contributed by atoms with E-state index in [4.69, 9.17) is 5.73 Å². The van der Waals surface area contributed by atoms with Crippen molar-refractivity contribution in [2.45, 2.75) is 19.0 Å². The number of nitrogens with one attached hydrogen (secondary N) is 1. The molecule has 0 saturated heterocycles. The predicted molar refractivity (Wildman–Crippen MR) is 74.3 cm³/mol. The Bertz CT molecular complexity index is 482. The molecule has 94 valence electrons. The van der Waals surface area contributed by atoms with E-state index in [1.165, 1.54) is 0 Å². The quantitative estimate of drug-likeness (QED) is 0.863. The number of amides is 1. The minimum absolute atomic E-state index is 0.106. The van der Waals surface area contributed by atoms with Crippen molar-refractivity contribution in [1.82, 2.24) is 5.32 Å².